The van der Waals surface area contributed by atoms with E-state index < -0.39 is 0 Å². The molecule has 0 bridgehead atoms. The zero-order valence-corrected chi connectivity index (χ0v) is 16.3. The standard InChI is InChI=1S/C18H19ClN4O2S/c1-10-9-26-18-16(10)17(21-11(2)22-18)20-7-6-15(24)23-13-8-12(19)4-5-14(13)25-3/h4-5,8-9H,6-7H2,1-3H3,(H,23,24)(H,20,21,22). The van der Waals surface area contributed by atoms with Crippen molar-refractivity contribution in [3.63, 3.8) is 0 Å². The minimum absolute atomic E-state index is 0.137. The number of nitrogens with one attached hydrogen (secondary N) is 2. The van der Waals surface area contributed by atoms with Gasteiger partial charge in [0.2, 0.25) is 5.91 Å². The van der Waals surface area contributed by atoms with Crippen molar-refractivity contribution in [1.29, 1.82) is 0 Å². The third-order valence-electron chi connectivity index (χ3n) is 3.81. The number of aromatic nitrogens is 2. The molecule has 3 aromatic rings. The SMILES string of the molecule is COc1ccc(Cl)cc1NC(=O)CCNc1nc(C)nc2scc(C)c12. The second-order valence-corrected chi connectivity index (χ2v) is 7.08. The fourth-order valence-corrected chi connectivity index (χ4v) is 3.74. The third-order valence-corrected chi connectivity index (χ3v) is 5.03. The average Bonchev–Trinajstić information content (AvgIpc) is 2.96. The number of rotatable bonds is 6. The first kappa shape index (κ1) is 18.4. The van der Waals surface area contributed by atoms with Gasteiger partial charge in [0.25, 0.3) is 0 Å². The number of methoxy groups -OCH3 is 1. The average molecular weight is 391 g/mol. The molecule has 0 saturated carbocycles. The minimum Gasteiger partial charge on any atom is -0.495 e. The van der Waals surface area contributed by atoms with Crippen LogP contribution in [0, 0.1) is 13.8 Å². The number of thiophene rings is 1. The number of benzene rings is 1. The molecule has 0 radical (unpaired) electrons. The Balaban J connectivity index is 1.65. The Kier molecular flexibility index (Phi) is 5.58. The lowest BCUT2D eigenvalue weighted by Gasteiger charge is -2.11. The lowest BCUT2D eigenvalue weighted by molar-refractivity contribution is -0.116. The monoisotopic (exact) mass is 390 g/mol. The second-order valence-electron chi connectivity index (χ2n) is 5.79. The van der Waals surface area contributed by atoms with Crippen LogP contribution < -0.4 is 15.4 Å². The van der Waals surface area contributed by atoms with E-state index in [4.69, 9.17) is 16.3 Å². The molecule has 2 heterocycles. The van der Waals surface area contributed by atoms with Crippen LogP contribution in [-0.4, -0.2) is 29.5 Å². The highest BCUT2D eigenvalue weighted by atomic mass is 35.5. The van der Waals surface area contributed by atoms with Crippen LogP contribution in [0.2, 0.25) is 5.02 Å². The van der Waals surface area contributed by atoms with Gasteiger partial charge >= 0.3 is 0 Å². The van der Waals surface area contributed by atoms with Gasteiger partial charge in [-0.2, -0.15) is 0 Å². The van der Waals surface area contributed by atoms with Gasteiger partial charge in [-0.25, -0.2) is 9.97 Å². The molecule has 1 aromatic carbocycles. The second kappa shape index (κ2) is 7.88. The van der Waals surface area contributed by atoms with Gasteiger partial charge in [-0.3, -0.25) is 4.79 Å². The van der Waals surface area contributed by atoms with Crippen molar-refractivity contribution in [3.8, 4) is 5.75 Å². The Labute approximate surface area is 160 Å². The number of amides is 1. The van der Waals surface area contributed by atoms with Crippen molar-refractivity contribution in [1.82, 2.24) is 9.97 Å². The zero-order valence-electron chi connectivity index (χ0n) is 14.7. The minimum atomic E-state index is -0.137. The molecule has 8 heteroatoms. The number of carbonyl (C=O) groups excluding carboxylic acids is 1. The Hall–Kier alpha value is -2.38. The number of ether oxygens (including phenoxy) is 1. The van der Waals surface area contributed by atoms with E-state index in [1.165, 1.54) is 0 Å². The molecule has 0 aliphatic carbocycles. The summed E-state index contributed by atoms with van der Waals surface area (Å²) in [5, 5.41) is 9.68. The van der Waals surface area contributed by atoms with E-state index in [2.05, 4.69) is 26.0 Å². The molecule has 2 N–H and O–H groups in total. The Bertz CT molecular complexity index is 958. The van der Waals surface area contributed by atoms with Crippen molar-refractivity contribution in [2.45, 2.75) is 20.3 Å². The summed E-state index contributed by atoms with van der Waals surface area (Å²) in [6, 6.07) is 5.09. The highest BCUT2D eigenvalue weighted by Gasteiger charge is 2.12. The van der Waals surface area contributed by atoms with E-state index >= 15 is 0 Å². The predicted molar refractivity (Wildman–Crippen MR) is 107 cm³/mol. The largest absolute Gasteiger partial charge is 0.495 e. The van der Waals surface area contributed by atoms with E-state index in [-0.39, 0.29) is 12.3 Å². The van der Waals surface area contributed by atoms with Crippen molar-refractivity contribution >= 4 is 50.6 Å². The maximum absolute atomic E-state index is 12.2. The summed E-state index contributed by atoms with van der Waals surface area (Å²) in [5.41, 5.74) is 1.68. The molecule has 136 valence electrons. The maximum Gasteiger partial charge on any atom is 0.226 e. The summed E-state index contributed by atoms with van der Waals surface area (Å²) in [7, 11) is 1.55. The smallest absolute Gasteiger partial charge is 0.226 e. The molecule has 6 nitrogen and oxygen atoms in total. The van der Waals surface area contributed by atoms with E-state index in [0.29, 0.717) is 28.8 Å². The summed E-state index contributed by atoms with van der Waals surface area (Å²) in [6.07, 6.45) is 0.281. The molecule has 1 amide bonds. The fourth-order valence-electron chi connectivity index (χ4n) is 2.60. The van der Waals surface area contributed by atoms with Crippen molar-refractivity contribution in [2.24, 2.45) is 0 Å². The zero-order chi connectivity index (χ0) is 18.7. The summed E-state index contributed by atoms with van der Waals surface area (Å²) >= 11 is 7.58. The number of nitrogens with zero attached hydrogens (tertiary/aromatic N) is 2. The Morgan fingerprint density at radius 2 is 2.12 bits per heavy atom. The van der Waals surface area contributed by atoms with Gasteiger partial charge in [-0.05, 0) is 43.0 Å². The molecule has 0 saturated heterocycles. The van der Waals surface area contributed by atoms with Crippen LogP contribution in [0.5, 0.6) is 5.75 Å². The number of hydrogen-bond acceptors (Lipinski definition) is 6. The number of fused-ring (bicyclic) bond motifs is 1. The van der Waals surface area contributed by atoms with Crippen LogP contribution in [0.1, 0.15) is 17.8 Å². The van der Waals surface area contributed by atoms with E-state index in [1.54, 1.807) is 36.6 Å². The number of hydrogen-bond donors (Lipinski definition) is 2. The third kappa shape index (κ3) is 4.05. The van der Waals surface area contributed by atoms with E-state index in [9.17, 15) is 4.79 Å². The van der Waals surface area contributed by atoms with Gasteiger partial charge in [-0.1, -0.05) is 11.6 Å². The fraction of sp³-hybridized carbons (Fsp3) is 0.278. The van der Waals surface area contributed by atoms with Crippen LogP contribution in [0.15, 0.2) is 23.6 Å². The molecule has 0 spiro atoms. The molecule has 0 aliphatic rings. The molecular weight excluding hydrogens is 372 g/mol. The molecule has 26 heavy (non-hydrogen) atoms. The summed E-state index contributed by atoms with van der Waals surface area (Å²) in [4.78, 5) is 22.1. The molecule has 0 atom stereocenters. The Morgan fingerprint density at radius 3 is 2.88 bits per heavy atom. The van der Waals surface area contributed by atoms with Gasteiger partial charge in [0, 0.05) is 18.0 Å². The lowest BCUT2D eigenvalue weighted by atomic mass is 10.2. The molecule has 3 rings (SSSR count). The van der Waals surface area contributed by atoms with Crippen LogP contribution in [0.3, 0.4) is 0 Å². The highest BCUT2D eigenvalue weighted by molar-refractivity contribution is 7.17. The first-order chi connectivity index (χ1) is 12.5. The van der Waals surface area contributed by atoms with Crippen molar-refractivity contribution in [2.75, 3.05) is 24.3 Å². The van der Waals surface area contributed by atoms with Crippen LogP contribution in [0.4, 0.5) is 11.5 Å². The van der Waals surface area contributed by atoms with Gasteiger partial charge in [-0.15, -0.1) is 11.3 Å². The van der Waals surface area contributed by atoms with Crippen LogP contribution in [0.25, 0.3) is 10.2 Å². The number of halogens is 1. The maximum atomic E-state index is 12.2. The van der Waals surface area contributed by atoms with E-state index in [1.807, 2.05) is 13.8 Å². The summed E-state index contributed by atoms with van der Waals surface area (Å²) in [5.74, 6) is 1.90. The molecule has 0 fully saturated rings. The van der Waals surface area contributed by atoms with Crippen LogP contribution >= 0.6 is 22.9 Å². The van der Waals surface area contributed by atoms with Gasteiger partial charge in [0.05, 0.1) is 18.2 Å². The van der Waals surface area contributed by atoms with Crippen LogP contribution in [-0.2, 0) is 4.79 Å². The Morgan fingerprint density at radius 1 is 1.31 bits per heavy atom. The first-order valence-corrected chi connectivity index (χ1v) is 9.33. The van der Waals surface area contributed by atoms with Crippen molar-refractivity contribution < 1.29 is 9.53 Å². The summed E-state index contributed by atoms with van der Waals surface area (Å²) in [6.45, 7) is 4.34. The molecular formula is C18H19ClN4O2S. The predicted octanol–water partition coefficient (Wildman–Crippen LogP) is 4.41. The lowest BCUT2D eigenvalue weighted by Crippen LogP contribution is -2.17. The number of anilines is 2. The van der Waals surface area contributed by atoms with Gasteiger partial charge in [0.1, 0.15) is 22.2 Å². The number of carbonyl (C=O) groups is 1. The van der Waals surface area contributed by atoms with E-state index in [0.717, 1.165) is 21.6 Å². The molecule has 0 aliphatic heterocycles. The highest BCUT2D eigenvalue weighted by Crippen LogP contribution is 2.30. The van der Waals surface area contributed by atoms with Gasteiger partial charge < -0.3 is 15.4 Å². The normalized spacial score (nSPS) is 10.8. The molecule has 0 unspecified atom stereocenters. The van der Waals surface area contributed by atoms with Gasteiger partial charge in [0.15, 0.2) is 0 Å². The molecule has 2 aromatic heterocycles. The number of aryl methyl sites for hydroxylation is 2. The topological polar surface area (TPSA) is 76.1 Å². The quantitative estimate of drug-likeness (QED) is 0.651. The summed E-state index contributed by atoms with van der Waals surface area (Å²) < 4.78 is 5.24. The first-order valence-electron chi connectivity index (χ1n) is 8.07. The van der Waals surface area contributed by atoms with Crippen molar-refractivity contribution in [3.05, 3.63) is 40.0 Å².